The molecule has 0 aliphatic carbocycles. The minimum atomic E-state index is -3.45. The maximum absolute atomic E-state index is 11.7. The third-order valence-electron chi connectivity index (χ3n) is 2.24. The summed E-state index contributed by atoms with van der Waals surface area (Å²) in [4.78, 5) is 23.3. The molecule has 0 aromatic carbocycles. The number of nitrogens with zero attached hydrogens (tertiary/aromatic N) is 1. The highest BCUT2D eigenvalue weighted by molar-refractivity contribution is 7.89. The topological polar surface area (TPSA) is 104 Å². The zero-order chi connectivity index (χ0) is 14.3. The van der Waals surface area contributed by atoms with Crippen molar-refractivity contribution in [2.24, 2.45) is 0 Å². The van der Waals surface area contributed by atoms with Gasteiger partial charge in [0, 0.05) is 13.6 Å². The first kappa shape index (κ1) is 16.9. The largest absolute Gasteiger partial charge is 0.481 e. The van der Waals surface area contributed by atoms with Gasteiger partial charge in [0.1, 0.15) is 0 Å². The minimum absolute atomic E-state index is 0.0382. The molecular formula is C10H20N2O5S. The molecule has 1 unspecified atom stereocenters. The van der Waals surface area contributed by atoms with Crippen molar-refractivity contribution in [2.45, 2.75) is 32.7 Å². The molecule has 0 aliphatic rings. The summed E-state index contributed by atoms with van der Waals surface area (Å²) in [6, 6.07) is -0.889. The van der Waals surface area contributed by atoms with E-state index in [1.54, 1.807) is 6.92 Å². The van der Waals surface area contributed by atoms with Gasteiger partial charge in [0.25, 0.3) is 0 Å². The van der Waals surface area contributed by atoms with Crippen LogP contribution in [0.2, 0.25) is 0 Å². The van der Waals surface area contributed by atoms with E-state index in [9.17, 15) is 18.0 Å². The SMILES string of the molecule is CCCS(=O)(=O)NC(C)C(=O)N(C)CCC(=O)O. The number of carbonyl (C=O) groups excluding carboxylic acids is 1. The molecular weight excluding hydrogens is 260 g/mol. The molecule has 106 valence electrons. The van der Waals surface area contributed by atoms with E-state index in [4.69, 9.17) is 5.11 Å². The van der Waals surface area contributed by atoms with Crippen molar-refractivity contribution in [3.63, 3.8) is 0 Å². The number of nitrogens with one attached hydrogen (secondary N) is 1. The quantitative estimate of drug-likeness (QED) is 0.631. The van der Waals surface area contributed by atoms with E-state index in [0.29, 0.717) is 6.42 Å². The van der Waals surface area contributed by atoms with Crippen LogP contribution in [0.5, 0.6) is 0 Å². The maximum atomic E-state index is 11.7. The van der Waals surface area contributed by atoms with Crippen molar-refractivity contribution in [1.82, 2.24) is 9.62 Å². The summed E-state index contributed by atoms with van der Waals surface area (Å²) < 4.78 is 25.2. The van der Waals surface area contributed by atoms with E-state index >= 15 is 0 Å². The van der Waals surface area contributed by atoms with Gasteiger partial charge >= 0.3 is 5.97 Å². The number of likely N-dealkylation sites (N-methyl/N-ethyl adjacent to an activating group) is 1. The third-order valence-corrected chi connectivity index (χ3v) is 3.90. The van der Waals surface area contributed by atoms with Crippen LogP contribution in [0.1, 0.15) is 26.7 Å². The summed E-state index contributed by atoms with van der Waals surface area (Å²) in [6.45, 7) is 3.21. The van der Waals surface area contributed by atoms with Crippen LogP contribution in [0.4, 0.5) is 0 Å². The standard InChI is InChI=1S/C10H20N2O5S/c1-4-7-18(16,17)11-8(2)10(15)12(3)6-5-9(13)14/h8,11H,4-7H2,1-3H3,(H,13,14). The Hall–Kier alpha value is -1.15. The Balaban J connectivity index is 4.37. The number of carbonyl (C=O) groups is 2. The highest BCUT2D eigenvalue weighted by atomic mass is 32.2. The molecule has 8 heteroatoms. The van der Waals surface area contributed by atoms with Gasteiger partial charge in [-0.3, -0.25) is 9.59 Å². The Morgan fingerprint density at radius 3 is 2.39 bits per heavy atom. The Morgan fingerprint density at radius 1 is 1.39 bits per heavy atom. The fourth-order valence-corrected chi connectivity index (χ4v) is 2.65. The zero-order valence-corrected chi connectivity index (χ0v) is 11.7. The van der Waals surface area contributed by atoms with Crippen molar-refractivity contribution < 1.29 is 23.1 Å². The van der Waals surface area contributed by atoms with E-state index in [2.05, 4.69) is 4.72 Å². The van der Waals surface area contributed by atoms with Crippen molar-refractivity contribution >= 4 is 21.9 Å². The number of rotatable bonds is 8. The summed E-state index contributed by atoms with van der Waals surface area (Å²) in [5, 5.41) is 8.49. The molecule has 0 aromatic heterocycles. The monoisotopic (exact) mass is 280 g/mol. The summed E-state index contributed by atoms with van der Waals surface area (Å²) in [7, 11) is -2.01. The fraction of sp³-hybridized carbons (Fsp3) is 0.800. The van der Waals surface area contributed by atoms with Gasteiger partial charge in [-0.15, -0.1) is 0 Å². The van der Waals surface area contributed by atoms with Crippen LogP contribution < -0.4 is 4.72 Å². The minimum Gasteiger partial charge on any atom is -0.481 e. The third kappa shape index (κ3) is 6.55. The lowest BCUT2D eigenvalue weighted by molar-refractivity contribution is -0.138. The number of aliphatic carboxylic acids is 1. The Bertz CT molecular complexity index is 393. The van der Waals surface area contributed by atoms with Crippen LogP contribution in [0.15, 0.2) is 0 Å². The van der Waals surface area contributed by atoms with Gasteiger partial charge in [-0.05, 0) is 13.3 Å². The summed E-state index contributed by atoms with van der Waals surface area (Å²) in [5.41, 5.74) is 0. The number of carboxylic acid groups (broad SMARTS) is 1. The zero-order valence-electron chi connectivity index (χ0n) is 10.8. The molecule has 0 aromatic rings. The van der Waals surface area contributed by atoms with Crippen LogP contribution in [0.3, 0.4) is 0 Å². The fourth-order valence-electron chi connectivity index (χ4n) is 1.35. The first-order chi connectivity index (χ1) is 8.19. The second-order valence-corrected chi connectivity index (χ2v) is 5.94. The van der Waals surface area contributed by atoms with Crippen molar-refractivity contribution in [1.29, 1.82) is 0 Å². The Labute approximate surface area is 107 Å². The number of hydrogen-bond donors (Lipinski definition) is 2. The van der Waals surface area contributed by atoms with Gasteiger partial charge in [0.2, 0.25) is 15.9 Å². The molecule has 0 fully saturated rings. The van der Waals surface area contributed by atoms with Crippen molar-refractivity contribution in [2.75, 3.05) is 19.3 Å². The average molecular weight is 280 g/mol. The second kappa shape index (κ2) is 7.32. The van der Waals surface area contributed by atoms with Crippen LogP contribution in [-0.4, -0.2) is 55.7 Å². The van der Waals surface area contributed by atoms with Crippen LogP contribution in [-0.2, 0) is 19.6 Å². The molecule has 0 bridgehead atoms. The molecule has 0 spiro atoms. The first-order valence-corrected chi connectivity index (χ1v) is 7.31. The second-order valence-electron chi connectivity index (χ2n) is 4.06. The maximum Gasteiger partial charge on any atom is 0.305 e. The van der Waals surface area contributed by atoms with Gasteiger partial charge in [-0.1, -0.05) is 6.92 Å². The molecule has 2 N–H and O–H groups in total. The molecule has 0 aliphatic heterocycles. The predicted octanol–water partition coefficient (Wildman–Crippen LogP) is -0.363. The summed E-state index contributed by atoms with van der Waals surface area (Å²) in [5.74, 6) is -1.49. The van der Waals surface area contributed by atoms with Crippen molar-refractivity contribution in [3.05, 3.63) is 0 Å². The molecule has 0 radical (unpaired) electrons. The molecule has 0 heterocycles. The van der Waals surface area contributed by atoms with Gasteiger partial charge in [-0.2, -0.15) is 0 Å². The Kier molecular flexibility index (Phi) is 6.85. The van der Waals surface area contributed by atoms with E-state index in [0.717, 1.165) is 0 Å². The molecule has 1 atom stereocenters. The average Bonchev–Trinajstić information content (AvgIpc) is 2.23. The lowest BCUT2D eigenvalue weighted by Crippen LogP contribution is -2.46. The van der Waals surface area contributed by atoms with Crippen LogP contribution in [0, 0.1) is 0 Å². The van der Waals surface area contributed by atoms with Gasteiger partial charge in [-0.25, -0.2) is 13.1 Å². The highest BCUT2D eigenvalue weighted by Crippen LogP contribution is 1.98. The van der Waals surface area contributed by atoms with Crippen LogP contribution in [0.25, 0.3) is 0 Å². The number of amides is 1. The molecule has 1 amide bonds. The lowest BCUT2D eigenvalue weighted by atomic mass is 10.3. The molecule has 7 nitrogen and oxygen atoms in total. The lowest BCUT2D eigenvalue weighted by Gasteiger charge is -2.21. The van der Waals surface area contributed by atoms with Gasteiger partial charge in [0.05, 0.1) is 18.2 Å². The van der Waals surface area contributed by atoms with E-state index in [1.807, 2.05) is 0 Å². The Morgan fingerprint density at radius 2 is 1.94 bits per heavy atom. The summed E-state index contributed by atoms with van der Waals surface area (Å²) in [6.07, 6.45) is 0.293. The normalized spacial score (nSPS) is 13.1. The summed E-state index contributed by atoms with van der Waals surface area (Å²) >= 11 is 0. The smallest absolute Gasteiger partial charge is 0.305 e. The highest BCUT2D eigenvalue weighted by Gasteiger charge is 2.22. The van der Waals surface area contributed by atoms with E-state index in [-0.39, 0.29) is 18.7 Å². The molecule has 0 saturated carbocycles. The number of hydrogen-bond acceptors (Lipinski definition) is 4. The van der Waals surface area contributed by atoms with Crippen LogP contribution >= 0.6 is 0 Å². The molecule has 0 rings (SSSR count). The number of carboxylic acids is 1. The van der Waals surface area contributed by atoms with Crippen molar-refractivity contribution in [3.8, 4) is 0 Å². The van der Waals surface area contributed by atoms with E-state index < -0.39 is 27.9 Å². The van der Waals surface area contributed by atoms with Gasteiger partial charge < -0.3 is 10.0 Å². The van der Waals surface area contributed by atoms with Gasteiger partial charge in [0.15, 0.2) is 0 Å². The van der Waals surface area contributed by atoms with E-state index in [1.165, 1.54) is 18.9 Å². The predicted molar refractivity (Wildman–Crippen MR) is 66.6 cm³/mol. The molecule has 0 saturated heterocycles. The first-order valence-electron chi connectivity index (χ1n) is 5.66. The molecule has 18 heavy (non-hydrogen) atoms. The number of sulfonamides is 1.